The summed E-state index contributed by atoms with van der Waals surface area (Å²) in [6.07, 6.45) is -0.191. The van der Waals surface area contributed by atoms with Crippen LogP contribution in [0.25, 0.3) is 22.2 Å². The number of aryl methyl sites for hydroxylation is 1. The molecule has 1 aliphatic heterocycles. The van der Waals surface area contributed by atoms with E-state index in [1.54, 1.807) is 24.3 Å². The molecule has 0 radical (unpaired) electrons. The highest BCUT2D eigenvalue weighted by Gasteiger charge is 2.37. The van der Waals surface area contributed by atoms with Crippen LogP contribution in [0.2, 0.25) is 0 Å². The number of fused-ring (bicyclic) bond motifs is 2. The van der Waals surface area contributed by atoms with Crippen LogP contribution in [0.1, 0.15) is 36.6 Å². The van der Waals surface area contributed by atoms with E-state index in [1.807, 2.05) is 0 Å². The molecule has 0 saturated heterocycles. The van der Waals surface area contributed by atoms with E-state index in [0.717, 1.165) is 12.3 Å². The minimum absolute atomic E-state index is 0.0179. The van der Waals surface area contributed by atoms with Gasteiger partial charge in [0.1, 0.15) is 11.4 Å². The molecule has 0 spiro atoms. The van der Waals surface area contributed by atoms with Crippen molar-refractivity contribution in [3.63, 3.8) is 0 Å². The van der Waals surface area contributed by atoms with Gasteiger partial charge >= 0.3 is 6.18 Å². The molecular weight excluding hydrogens is 556 g/mol. The standard InChI is InChI=1S/C25H24F4N6O4S/c1-13(32-19-10-31-34-23(36)21(19)25(27,28)29)3-2-5-35-6-4-14-7-17(18(26)8-16(14)24(35)37)22-30-9-15-11-40(38,39)12-20(15)33-22/h4,6-10,13,38-39H,2-3,5,11-12H2,1H3,(H2,32,34,36). The third-order valence-electron chi connectivity index (χ3n) is 6.59. The second-order valence-electron chi connectivity index (χ2n) is 9.66. The Labute approximate surface area is 225 Å². The Hall–Kier alpha value is -3.82. The van der Waals surface area contributed by atoms with Crippen LogP contribution in [0, 0.1) is 5.82 Å². The van der Waals surface area contributed by atoms with Gasteiger partial charge in [-0.25, -0.2) is 19.5 Å². The van der Waals surface area contributed by atoms with Gasteiger partial charge in [-0.15, -0.1) is 0 Å². The molecule has 0 fully saturated rings. The number of aromatic amines is 1. The zero-order valence-corrected chi connectivity index (χ0v) is 21.8. The van der Waals surface area contributed by atoms with Crippen molar-refractivity contribution < 1.29 is 26.7 Å². The Balaban J connectivity index is 1.30. The summed E-state index contributed by atoms with van der Waals surface area (Å²) >= 11 is 0. The Morgan fingerprint density at radius 3 is 2.73 bits per heavy atom. The van der Waals surface area contributed by atoms with Crippen molar-refractivity contribution in [2.75, 3.05) is 5.32 Å². The lowest BCUT2D eigenvalue weighted by Crippen LogP contribution is -2.27. The van der Waals surface area contributed by atoms with E-state index in [4.69, 9.17) is 0 Å². The number of anilines is 1. The lowest BCUT2D eigenvalue weighted by atomic mass is 10.1. The smallest absolute Gasteiger partial charge is 0.381 e. The summed E-state index contributed by atoms with van der Waals surface area (Å²) in [5, 5.41) is 8.46. The number of nitrogens with one attached hydrogen (secondary N) is 2. The third kappa shape index (κ3) is 5.57. The van der Waals surface area contributed by atoms with Gasteiger partial charge < -0.3 is 9.88 Å². The molecule has 1 aromatic carbocycles. The predicted molar refractivity (Wildman–Crippen MR) is 142 cm³/mol. The van der Waals surface area contributed by atoms with Gasteiger partial charge in [-0.2, -0.15) is 28.9 Å². The van der Waals surface area contributed by atoms with Gasteiger partial charge in [-0.3, -0.25) is 18.7 Å². The molecule has 1 aliphatic rings. The third-order valence-corrected chi connectivity index (χ3v) is 8.10. The number of nitrogens with zero attached hydrogens (tertiary/aromatic N) is 4. The Bertz CT molecular complexity index is 1720. The topological polar surface area (TPSA) is 146 Å². The first-order valence-electron chi connectivity index (χ1n) is 12.2. The molecule has 0 saturated carbocycles. The summed E-state index contributed by atoms with van der Waals surface area (Å²) in [6, 6.07) is 3.74. The van der Waals surface area contributed by atoms with E-state index in [1.165, 1.54) is 16.8 Å². The van der Waals surface area contributed by atoms with Crippen molar-refractivity contribution in [3.8, 4) is 11.4 Å². The highest BCUT2D eigenvalue weighted by molar-refractivity contribution is 8.23. The lowest BCUT2D eigenvalue weighted by molar-refractivity contribution is -0.138. The van der Waals surface area contributed by atoms with Crippen molar-refractivity contribution >= 4 is 27.0 Å². The van der Waals surface area contributed by atoms with Crippen molar-refractivity contribution in [1.29, 1.82) is 0 Å². The molecule has 10 nitrogen and oxygen atoms in total. The molecule has 212 valence electrons. The Morgan fingerprint density at radius 2 is 1.98 bits per heavy atom. The van der Waals surface area contributed by atoms with Gasteiger partial charge in [0.25, 0.3) is 11.1 Å². The number of H-pyrrole nitrogens is 1. The Kier molecular flexibility index (Phi) is 7.14. The molecule has 3 aromatic heterocycles. The first kappa shape index (κ1) is 27.7. The summed E-state index contributed by atoms with van der Waals surface area (Å²) in [6.45, 7) is 1.87. The van der Waals surface area contributed by atoms with Gasteiger partial charge in [0.05, 0.1) is 40.0 Å². The van der Waals surface area contributed by atoms with Crippen LogP contribution in [-0.4, -0.2) is 39.9 Å². The Morgan fingerprint density at radius 1 is 1.20 bits per heavy atom. The number of rotatable bonds is 7. The number of hydrogen-bond donors (Lipinski definition) is 4. The minimum Gasteiger partial charge on any atom is -0.381 e. The van der Waals surface area contributed by atoms with Gasteiger partial charge in [-0.05, 0) is 43.4 Å². The number of aromatic nitrogens is 5. The van der Waals surface area contributed by atoms with E-state index < -0.39 is 51.0 Å². The van der Waals surface area contributed by atoms with Crippen molar-refractivity contribution in [3.05, 3.63) is 80.1 Å². The monoisotopic (exact) mass is 580 g/mol. The van der Waals surface area contributed by atoms with E-state index >= 15 is 4.39 Å². The van der Waals surface area contributed by atoms with Gasteiger partial charge in [0.15, 0.2) is 5.82 Å². The largest absolute Gasteiger partial charge is 0.423 e. The quantitative estimate of drug-likeness (QED) is 0.229. The molecule has 0 bridgehead atoms. The first-order chi connectivity index (χ1) is 18.8. The maximum absolute atomic E-state index is 15.1. The maximum atomic E-state index is 15.1. The fraction of sp³-hybridized carbons (Fsp3) is 0.320. The van der Waals surface area contributed by atoms with E-state index in [-0.39, 0.29) is 34.8 Å². The van der Waals surface area contributed by atoms with Gasteiger partial charge in [0.2, 0.25) is 0 Å². The number of benzene rings is 1. The van der Waals surface area contributed by atoms with Gasteiger partial charge in [-0.1, -0.05) is 0 Å². The highest BCUT2D eigenvalue weighted by atomic mass is 32.3. The van der Waals surface area contributed by atoms with Crippen molar-refractivity contribution in [1.82, 2.24) is 24.7 Å². The van der Waals surface area contributed by atoms with Crippen LogP contribution in [0.4, 0.5) is 23.2 Å². The van der Waals surface area contributed by atoms with Crippen LogP contribution >= 0.6 is 10.6 Å². The fourth-order valence-electron chi connectivity index (χ4n) is 4.68. The van der Waals surface area contributed by atoms with E-state index in [0.29, 0.717) is 29.5 Å². The lowest BCUT2D eigenvalue weighted by Gasteiger charge is -2.24. The zero-order valence-electron chi connectivity index (χ0n) is 21.0. The van der Waals surface area contributed by atoms with Crippen molar-refractivity contribution in [2.24, 2.45) is 0 Å². The molecule has 4 heterocycles. The predicted octanol–water partition coefficient (Wildman–Crippen LogP) is 4.74. The molecule has 1 atom stereocenters. The second-order valence-corrected chi connectivity index (χ2v) is 11.8. The average molecular weight is 581 g/mol. The summed E-state index contributed by atoms with van der Waals surface area (Å²) in [5.41, 5.74) is -2.44. The van der Waals surface area contributed by atoms with Crippen LogP contribution in [0.5, 0.6) is 0 Å². The molecular formula is C25H24F4N6O4S. The zero-order chi connectivity index (χ0) is 28.8. The molecule has 40 heavy (non-hydrogen) atoms. The number of alkyl halides is 3. The normalized spacial score (nSPS) is 16.1. The van der Waals surface area contributed by atoms with Gasteiger partial charge in [0, 0.05) is 30.5 Å². The molecule has 15 heteroatoms. The van der Waals surface area contributed by atoms with E-state index in [9.17, 15) is 31.9 Å². The molecule has 5 rings (SSSR count). The molecule has 4 aromatic rings. The molecule has 1 unspecified atom stereocenters. The average Bonchev–Trinajstić information content (AvgIpc) is 3.17. The van der Waals surface area contributed by atoms with Crippen LogP contribution in [-0.2, 0) is 24.2 Å². The number of pyridine rings is 1. The molecule has 0 amide bonds. The van der Waals surface area contributed by atoms with E-state index in [2.05, 4.69) is 20.4 Å². The maximum Gasteiger partial charge on any atom is 0.423 e. The number of halogens is 4. The number of hydrogen-bond acceptors (Lipinski definition) is 8. The summed E-state index contributed by atoms with van der Waals surface area (Å²) in [5.74, 6) is -0.591. The first-order valence-corrected chi connectivity index (χ1v) is 14.0. The highest BCUT2D eigenvalue weighted by Crippen LogP contribution is 2.51. The summed E-state index contributed by atoms with van der Waals surface area (Å²) in [7, 11) is -2.80. The summed E-state index contributed by atoms with van der Waals surface area (Å²) < 4.78 is 76.1. The SMILES string of the molecule is CC(CCCn1ccc2cc(-c3ncc4c(n3)CS(O)(O)C4)c(F)cc2c1=O)Nc1cn[nH]c(=O)c1C(F)(F)F. The molecule has 4 N–H and O–H groups in total. The molecule has 0 aliphatic carbocycles. The fourth-order valence-corrected chi connectivity index (χ4v) is 6.21. The van der Waals surface area contributed by atoms with Crippen LogP contribution in [0.3, 0.4) is 0 Å². The summed E-state index contributed by atoms with van der Waals surface area (Å²) in [4.78, 5) is 33.2. The second kappa shape index (κ2) is 10.3. The van der Waals surface area contributed by atoms with Crippen LogP contribution < -0.4 is 16.4 Å². The van der Waals surface area contributed by atoms with Crippen molar-refractivity contribution in [2.45, 2.75) is 50.0 Å². The minimum atomic E-state index is -4.86. The van der Waals surface area contributed by atoms with Crippen LogP contribution in [0.15, 0.2) is 46.4 Å².